The lowest BCUT2D eigenvalue weighted by Gasteiger charge is -2.12. The van der Waals surface area contributed by atoms with E-state index in [0.717, 1.165) is 0 Å². The van der Waals surface area contributed by atoms with Crippen LogP contribution in [0.4, 0.5) is 5.69 Å². The second kappa shape index (κ2) is 6.27. The van der Waals surface area contributed by atoms with Gasteiger partial charge in [0, 0.05) is 6.20 Å². The smallest absolute Gasteiger partial charge is 0.345 e. The maximum Gasteiger partial charge on any atom is 0.345 e. The minimum Gasteiger partial charge on any atom is -0.452 e. The average molecular weight is 308 g/mol. The summed E-state index contributed by atoms with van der Waals surface area (Å²) < 4.78 is 5.18. The largest absolute Gasteiger partial charge is 0.452 e. The van der Waals surface area contributed by atoms with Crippen molar-refractivity contribution in [2.24, 2.45) is 0 Å². The number of nitro groups is 1. The van der Waals surface area contributed by atoms with Gasteiger partial charge in [-0.15, -0.1) is 0 Å². The molecule has 0 N–H and O–H groups in total. The number of carbonyl (C=O) groups excluding carboxylic acids is 1. The van der Waals surface area contributed by atoms with E-state index in [0.29, 0.717) is 5.69 Å². The van der Waals surface area contributed by atoms with Gasteiger partial charge in [-0.2, -0.15) is 0 Å². The summed E-state index contributed by atoms with van der Waals surface area (Å²) in [6.45, 7) is 1.61. The highest BCUT2D eigenvalue weighted by molar-refractivity contribution is 6.33. The first-order valence-electron chi connectivity index (χ1n) is 5.90. The number of carbonyl (C=O) groups is 1. The molecule has 0 aliphatic carbocycles. The predicted octanol–water partition coefficient (Wildman–Crippen LogP) is 2.96. The van der Waals surface area contributed by atoms with Gasteiger partial charge in [0.1, 0.15) is 23.0 Å². The Morgan fingerprint density at radius 2 is 2.19 bits per heavy atom. The van der Waals surface area contributed by atoms with Crippen LogP contribution < -0.4 is 0 Å². The molecule has 8 heteroatoms. The molecule has 1 heterocycles. The maximum absolute atomic E-state index is 12.1. The van der Waals surface area contributed by atoms with Crippen molar-refractivity contribution in [3.63, 3.8) is 0 Å². The highest BCUT2D eigenvalue weighted by Crippen LogP contribution is 2.29. The number of rotatable bonds is 4. The minimum absolute atomic E-state index is 0.121. The van der Waals surface area contributed by atoms with Crippen LogP contribution in [0.5, 0.6) is 0 Å². The van der Waals surface area contributed by atoms with Crippen LogP contribution in [0.1, 0.15) is 29.1 Å². The average Bonchev–Trinajstić information content (AvgIpc) is 2.47. The van der Waals surface area contributed by atoms with Crippen molar-refractivity contribution in [1.82, 2.24) is 9.97 Å². The Bertz CT molecular complexity index is 678. The number of benzene rings is 1. The Balaban J connectivity index is 2.26. The number of esters is 1. The molecular weight excluding hydrogens is 298 g/mol. The van der Waals surface area contributed by atoms with Crippen LogP contribution in [-0.4, -0.2) is 20.9 Å². The molecule has 7 nitrogen and oxygen atoms in total. The van der Waals surface area contributed by atoms with Gasteiger partial charge in [0.05, 0.1) is 10.6 Å². The lowest BCUT2D eigenvalue weighted by atomic mass is 10.2. The van der Waals surface area contributed by atoms with E-state index in [2.05, 4.69) is 9.97 Å². The molecule has 2 rings (SSSR count). The van der Waals surface area contributed by atoms with Crippen LogP contribution in [0, 0.1) is 10.1 Å². The van der Waals surface area contributed by atoms with Crippen molar-refractivity contribution < 1.29 is 14.5 Å². The Hall–Kier alpha value is -2.54. The van der Waals surface area contributed by atoms with E-state index in [9.17, 15) is 14.9 Å². The summed E-state index contributed by atoms with van der Waals surface area (Å²) in [5.74, 6) is -0.838. The first kappa shape index (κ1) is 14.9. The molecule has 1 atom stereocenters. The lowest BCUT2D eigenvalue weighted by molar-refractivity contribution is -0.385. The van der Waals surface area contributed by atoms with Gasteiger partial charge in [-0.3, -0.25) is 10.1 Å². The monoisotopic (exact) mass is 307 g/mol. The van der Waals surface area contributed by atoms with Gasteiger partial charge < -0.3 is 4.74 Å². The number of aromatic nitrogens is 2. The van der Waals surface area contributed by atoms with Gasteiger partial charge in [-0.25, -0.2) is 14.8 Å². The van der Waals surface area contributed by atoms with Gasteiger partial charge in [0.15, 0.2) is 0 Å². The Morgan fingerprint density at radius 3 is 2.81 bits per heavy atom. The molecule has 0 bridgehead atoms. The number of ether oxygens (including phenoxy) is 1. The third-order valence-electron chi connectivity index (χ3n) is 2.69. The summed E-state index contributed by atoms with van der Waals surface area (Å²) in [4.78, 5) is 30.1. The van der Waals surface area contributed by atoms with Gasteiger partial charge in [0.2, 0.25) is 0 Å². The fourth-order valence-corrected chi connectivity index (χ4v) is 1.93. The maximum atomic E-state index is 12.1. The molecule has 0 amide bonds. The predicted molar refractivity (Wildman–Crippen MR) is 74.0 cm³/mol. The lowest BCUT2D eigenvalue weighted by Crippen LogP contribution is -2.12. The van der Waals surface area contributed by atoms with Gasteiger partial charge in [-0.05, 0) is 25.1 Å². The van der Waals surface area contributed by atoms with Crippen LogP contribution in [0.3, 0.4) is 0 Å². The molecule has 0 aliphatic heterocycles. The zero-order chi connectivity index (χ0) is 15.4. The number of para-hydroxylation sites is 1. The topological polar surface area (TPSA) is 95.2 Å². The van der Waals surface area contributed by atoms with Crippen LogP contribution in [-0.2, 0) is 4.74 Å². The molecular formula is C13H10ClN3O4. The number of nitro benzene ring substituents is 1. The molecule has 21 heavy (non-hydrogen) atoms. The SMILES string of the molecule is C[C@H](OC(=O)c1cccc(Cl)c1[N+](=O)[O-])c1ccncn1. The van der Waals surface area contributed by atoms with Crippen LogP contribution in [0.15, 0.2) is 36.8 Å². The van der Waals surface area contributed by atoms with E-state index in [4.69, 9.17) is 16.3 Å². The van der Waals surface area contributed by atoms with Gasteiger partial charge >= 0.3 is 11.7 Å². The van der Waals surface area contributed by atoms with E-state index in [1.54, 1.807) is 13.0 Å². The first-order chi connectivity index (χ1) is 10.0. The zero-order valence-corrected chi connectivity index (χ0v) is 11.6. The number of halogens is 1. The van der Waals surface area contributed by atoms with E-state index in [1.807, 2.05) is 0 Å². The molecule has 0 spiro atoms. The van der Waals surface area contributed by atoms with E-state index in [-0.39, 0.29) is 10.6 Å². The third-order valence-corrected chi connectivity index (χ3v) is 3.00. The van der Waals surface area contributed by atoms with Crippen molar-refractivity contribution >= 4 is 23.3 Å². The molecule has 0 fully saturated rings. The Morgan fingerprint density at radius 1 is 1.43 bits per heavy atom. The normalized spacial score (nSPS) is 11.7. The molecule has 1 aromatic carbocycles. The fourth-order valence-electron chi connectivity index (χ4n) is 1.69. The minimum atomic E-state index is -0.838. The van der Waals surface area contributed by atoms with Crippen LogP contribution in [0.25, 0.3) is 0 Å². The summed E-state index contributed by atoms with van der Waals surface area (Å²) in [6, 6.07) is 5.66. The molecule has 0 aliphatic rings. The van der Waals surface area contributed by atoms with Crippen molar-refractivity contribution in [1.29, 1.82) is 0 Å². The number of hydrogen-bond acceptors (Lipinski definition) is 6. The first-order valence-corrected chi connectivity index (χ1v) is 6.28. The summed E-state index contributed by atoms with van der Waals surface area (Å²) in [6.07, 6.45) is 2.16. The molecule has 0 saturated carbocycles. The zero-order valence-electron chi connectivity index (χ0n) is 10.9. The van der Waals surface area contributed by atoms with Gasteiger partial charge in [-0.1, -0.05) is 17.7 Å². The van der Waals surface area contributed by atoms with E-state index >= 15 is 0 Å². The third kappa shape index (κ3) is 3.32. The Labute approximate surface area is 124 Å². The molecule has 0 unspecified atom stereocenters. The van der Waals surface area contributed by atoms with Gasteiger partial charge in [0.25, 0.3) is 0 Å². The van der Waals surface area contributed by atoms with Crippen LogP contribution >= 0.6 is 11.6 Å². The van der Waals surface area contributed by atoms with E-state index in [1.165, 1.54) is 30.7 Å². The standard InChI is InChI=1S/C13H10ClN3O4/c1-8(11-5-6-15-7-16-11)21-13(18)9-3-2-4-10(14)12(9)17(19)20/h2-8H,1H3/t8-/m0/s1. The van der Waals surface area contributed by atoms with E-state index < -0.39 is 22.7 Å². The highest BCUT2D eigenvalue weighted by Gasteiger charge is 2.26. The van der Waals surface area contributed by atoms with Crippen molar-refractivity contribution in [3.8, 4) is 0 Å². The molecule has 1 aromatic heterocycles. The van der Waals surface area contributed by atoms with Crippen LogP contribution in [0.2, 0.25) is 5.02 Å². The molecule has 0 radical (unpaired) electrons. The highest BCUT2D eigenvalue weighted by atomic mass is 35.5. The summed E-state index contributed by atoms with van der Waals surface area (Å²) in [5, 5.41) is 10.9. The second-order valence-corrected chi connectivity index (χ2v) is 4.48. The Kier molecular flexibility index (Phi) is 4.44. The summed E-state index contributed by atoms with van der Waals surface area (Å²) in [7, 11) is 0. The van der Waals surface area contributed by atoms with Crippen molar-refractivity contribution in [2.75, 3.05) is 0 Å². The van der Waals surface area contributed by atoms with Crippen molar-refractivity contribution in [3.05, 3.63) is 63.2 Å². The quantitative estimate of drug-likeness (QED) is 0.489. The molecule has 0 saturated heterocycles. The number of hydrogen-bond donors (Lipinski definition) is 0. The summed E-state index contributed by atoms with van der Waals surface area (Å²) >= 11 is 5.75. The summed E-state index contributed by atoms with van der Waals surface area (Å²) in [5.41, 5.74) is -0.185. The fraction of sp³-hybridized carbons (Fsp3) is 0.154. The van der Waals surface area contributed by atoms with Crippen molar-refractivity contribution in [2.45, 2.75) is 13.0 Å². The second-order valence-electron chi connectivity index (χ2n) is 4.07. The molecule has 2 aromatic rings. The number of nitrogens with zero attached hydrogens (tertiary/aromatic N) is 3. The molecule has 108 valence electrons.